The van der Waals surface area contributed by atoms with E-state index in [0.717, 1.165) is 10.5 Å². The van der Waals surface area contributed by atoms with Crippen LogP contribution >= 0.6 is 11.8 Å². The molecular formula is C28H30N2O3S. The molecule has 0 fully saturated rings. The Kier molecular flexibility index (Phi) is 8.29. The van der Waals surface area contributed by atoms with Crippen molar-refractivity contribution in [1.29, 1.82) is 0 Å². The highest BCUT2D eigenvalue weighted by molar-refractivity contribution is 8.00. The summed E-state index contributed by atoms with van der Waals surface area (Å²) in [6.45, 7) is 7.58. The lowest BCUT2D eigenvalue weighted by Crippen LogP contribution is -2.20. The van der Waals surface area contributed by atoms with Crippen molar-refractivity contribution in [2.45, 2.75) is 44.3 Å². The molecule has 1 atom stereocenters. The molecule has 0 spiro atoms. The van der Waals surface area contributed by atoms with Crippen molar-refractivity contribution in [2.24, 2.45) is 5.41 Å². The van der Waals surface area contributed by atoms with Gasteiger partial charge in [0.25, 0.3) is 0 Å². The maximum atomic E-state index is 13.3. The Morgan fingerprint density at radius 2 is 1.50 bits per heavy atom. The summed E-state index contributed by atoms with van der Waals surface area (Å²) in [7, 11) is 0. The lowest BCUT2D eigenvalue weighted by Gasteiger charge is -2.19. The molecule has 2 amide bonds. The zero-order valence-electron chi connectivity index (χ0n) is 19.9. The molecule has 0 aliphatic rings. The summed E-state index contributed by atoms with van der Waals surface area (Å²) in [5.74, 6) is -0.236. The molecule has 0 aliphatic heterocycles. The summed E-state index contributed by atoms with van der Waals surface area (Å²) in [6.07, 6.45) is 0.418. The first-order chi connectivity index (χ1) is 16.1. The van der Waals surface area contributed by atoms with Crippen LogP contribution in [0.1, 0.15) is 55.3 Å². The number of rotatable bonds is 8. The van der Waals surface area contributed by atoms with E-state index in [2.05, 4.69) is 10.6 Å². The zero-order valence-corrected chi connectivity index (χ0v) is 20.7. The van der Waals surface area contributed by atoms with E-state index in [-0.39, 0.29) is 23.0 Å². The number of hydrogen-bond acceptors (Lipinski definition) is 4. The van der Waals surface area contributed by atoms with Crippen molar-refractivity contribution in [1.82, 2.24) is 0 Å². The van der Waals surface area contributed by atoms with Gasteiger partial charge in [0.15, 0.2) is 5.78 Å². The van der Waals surface area contributed by atoms with Crippen LogP contribution in [0, 0.1) is 5.41 Å². The van der Waals surface area contributed by atoms with Crippen LogP contribution in [0.4, 0.5) is 11.4 Å². The number of nitrogens with one attached hydrogen (secondary N) is 2. The van der Waals surface area contributed by atoms with E-state index in [1.165, 1.54) is 18.7 Å². The average molecular weight is 475 g/mol. The number of hydrogen-bond donors (Lipinski definition) is 2. The van der Waals surface area contributed by atoms with E-state index < -0.39 is 5.25 Å². The summed E-state index contributed by atoms with van der Waals surface area (Å²) in [4.78, 5) is 38.0. The van der Waals surface area contributed by atoms with Gasteiger partial charge in [-0.3, -0.25) is 14.4 Å². The molecule has 2 N–H and O–H groups in total. The van der Waals surface area contributed by atoms with E-state index in [1.807, 2.05) is 75.4 Å². The Hall–Kier alpha value is -3.38. The molecule has 0 aromatic heterocycles. The minimum absolute atomic E-state index is 0.0231. The second-order valence-corrected chi connectivity index (χ2v) is 10.5. The average Bonchev–Trinajstić information content (AvgIpc) is 2.77. The van der Waals surface area contributed by atoms with Crippen LogP contribution in [0.5, 0.6) is 0 Å². The molecule has 3 aromatic rings. The van der Waals surface area contributed by atoms with Gasteiger partial charge in [0.05, 0.1) is 0 Å². The number of carbonyl (C=O) groups excluding carboxylic acids is 3. The van der Waals surface area contributed by atoms with E-state index in [9.17, 15) is 14.4 Å². The summed E-state index contributed by atoms with van der Waals surface area (Å²) in [6, 6.07) is 23.9. The van der Waals surface area contributed by atoms with E-state index in [0.29, 0.717) is 23.4 Å². The third-order valence-corrected chi connectivity index (χ3v) is 6.21. The van der Waals surface area contributed by atoms with Crippen LogP contribution in [0.3, 0.4) is 0 Å². The summed E-state index contributed by atoms with van der Waals surface area (Å²) < 4.78 is 0. The van der Waals surface area contributed by atoms with Gasteiger partial charge in [-0.25, -0.2) is 0 Å². The highest BCUT2D eigenvalue weighted by atomic mass is 32.2. The predicted octanol–water partition coefficient (Wildman–Crippen LogP) is 6.74. The fraction of sp³-hybridized carbons (Fsp3) is 0.250. The summed E-state index contributed by atoms with van der Waals surface area (Å²) in [5, 5.41) is 5.41. The monoisotopic (exact) mass is 474 g/mol. The molecule has 0 heterocycles. The second kappa shape index (κ2) is 11.2. The molecule has 3 rings (SSSR count). The summed E-state index contributed by atoms with van der Waals surface area (Å²) >= 11 is 1.41. The first-order valence-electron chi connectivity index (χ1n) is 11.1. The van der Waals surface area contributed by atoms with Gasteiger partial charge < -0.3 is 10.6 Å². The second-order valence-electron chi connectivity index (χ2n) is 9.34. The highest BCUT2D eigenvalue weighted by Crippen LogP contribution is 2.37. The smallest absolute Gasteiger partial charge is 0.242 e. The molecule has 0 radical (unpaired) electrons. The third-order valence-electron chi connectivity index (χ3n) is 4.96. The maximum Gasteiger partial charge on any atom is 0.242 e. The van der Waals surface area contributed by atoms with Crippen LogP contribution < -0.4 is 10.6 Å². The Balaban J connectivity index is 1.79. The van der Waals surface area contributed by atoms with E-state index >= 15 is 0 Å². The van der Waals surface area contributed by atoms with Crippen molar-refractivity contribution in [2.75, 3.05) is 10.6 Å². The number of benzene rings is 3. The molecule has 5 nitrogen and oxygen atoms in total. The SMILES string of the molecule is CC(=O)c1ccc(NC(=O)C(Sc2cccc(NC(=O)CC(C)(C)C)c2)c2ccccc2)cc1. The number of anilines is 2. The molecule has 0 bridgehead atoms. The van der Waals surface area contributed by atoms with Crippen molar-refractivity contribution < 1.29 is 14.4 Å². The first kappa shape index (κ1) is 25.2. The topological polar surface area (TPSA) is 75.3 Å². The quantitative estimate of drug-likeness (QED) is 0.280. The molecule has 0 saturated carbocycles. The van der Waals surface area contributed by atoms with Crippen molar-refractivity contribution >= 4 is 40.7 Å². The normalized spacial score (nSPS) is 12.0. The van der Waals surface area contributed by atoms with Crippen LogP contribution in [0.25, 0.3) is 0 Å². The van der Waals surface area contributed by atoms with Crippen LogP contribution in [0.2, 0.25) is 0 Å². The molecule has 3 aromatic carbocycles. The van der Waals surface area contributed by atoms with Crippen LogP contribution in [-0.4, -0.2) is 17.6 Å². The third kappa shape index (κ3) is 7.59. The fourth-order valence-electron chi connectivity index (χ4n) is 3.37. The predicted molar refractivity (Wildman–Crippen MR) is 139 cm³/mol. The van der Waals surface area contributed by atoms with Gasteiger partial charge >= 0.3 is 0 Å². The fourth-order valence-corrected chi connectivity index (χ4v) is 4.45. The lowest BCUT2D eigenvalue weighted by atomic mass is 9.92. The summed E-state index contributed by atoms with van der Waals surface area (Å²) in [5.41, 5.74) is 2.69. The number of Topliss-reactive ketones (excluding diaryl/α,β-unsaturated/α-hetero) is 1. The van der Waals surface area contributed by atoms with Gasteiger partial charge in [-0.1, -0.05) is 57.2 Å². The number of carbonyl (C=O) groups is 3. The Morgan fingerprint density at radius 3 is 2.12 bits per heavy atom. The highest BCUT2D eigenvalue weighted by Gasteiger charge is 2.23. The maximum absolute atomic E-state index is 13.3. The van der Waals surface area contributed by atoms with Gasteiger partial charge in [0, 0.05) is 28.3 Å². The largest absolute Gasteiger partial charge is 0.326 e. The molecule has 176 valence electrons. The van der Waals surface area contributed by atoms with Crippen molar-refractivity contribution in [3.63, 3.8) is 0 Å². The zero-order chi connectivity index (χ0) is 24.7. The number of ketones is 1. The minimum Gasteiger partial charge on any atom is -0.326 e. The van der Waals surface area contributed by atoms with Gasteiger partial charge in [0.2, 0.25) is 11.8 Å². The van der Waals surface area contributed by atoms with Crippen LogP contribution in [0.15, 0.2) is 83.8 Å². The lowest BCUT2D eigenvalue weighted by molar-refractivity contribution is -0.118. The van der Waals surface area contributed by atoms with Gasteiger partial charge in [-0.15, -0.1) is 11.8 Å². The molecule has 0 saturated heterocycles. The van der Waals surface area contributed by atoms with Crippen LogP contribution in [-0.2, 0) is 9.59 Å². The minimum atomic E-state index is -0.505. The van der Waals surface area contributed by atoms with E-state index in [1.54, 1.807) is 24.3 Å². The number of thioether (sulfide) groups is 1. The molecule has 0 aliphatic carbocycles. The Morgan fingerprint density at radius 1 is 0.824 bits per heavy atom. The van der Waals surface area contributed by atoms with Crippen molar-refractivity contribution in [3.05, 3.63) is 90.0 Å². The molecule has 34 heavy (non-hydrogen) atoms. The van der Waals surface area contributed by atoms with Crippen molar-refractivity contribution in [3.8, 4) is 0 Å². The van der Waals surface area contributed by atoms with Gasteiger partial charge in [-0.2, -0.15) is 0 Å². The van der Waals surface area contributed by atoms with Gasteiger partial charge in [0.1, 0.15) is 5.25 Å². The molecule has 6 heteroatoms. The van der Waals surface area contributed by atoms with E-state index in [4.69, 9.17) is 0 Å². The molecular weight excluding hydrogens is 444 g/mol. The Labute approximate surface area is 205 Å². The number of amides is 2. The standard InChI is InChI=1S/C28H30N2O3S/c1-19(31)20-13-15-22(16-14-20)30-27(33)26(21-9-6-5-7-10-21)34-24-12-8-11-23(17-24)29-25(32)18-28(2,3)4/h5-17,26H,18H2,1-4H3,(H,29,32)(H,30,33). The Bertz CT molecular complexity index is 1150. The molecule has 1 unspecified atom stereocenters. The van der Waals surface area contributed by atoms with Gasteiger partial charge in [-0.05, 0) is 60.4 Å². The first-order valence-corrected chi connectivity index (χ1v) is 12.0.